The number of rotatable bonds is 6. The van der Waals surface area contributed by atoms with E-state index in [1.54, 1.807) is 17.0 Å². The third-order valence-electron chi connectivity index (χ3n) is 5.13. The lowest BCUT2D eigenvalue weighted by molar-refractivity contribution is -0.145. The lowest BCUT2D eigenvalue weighted by Gasteiger charge is -2.32. The molecule has 2 aromatic rings. The van der Waals surface area contributed by atoms with Crippen LogP contribution < -0.4 is 18.9 Å². The van der Waals surface area contributed by atoms with Gasteiger partial charge in [0.1, 0.15) is 12.4 Å². The van der Waals surface area contributed by atoms with E-state index in [1.807, 2.05) is 12.1 Å². The van der Waals surface area contributed by atoms with Gasteiger partial charge in [0.2, 0.25) is 16.1 Å². The molecule has 2 heterocycles. The van der Waals surface area contributed by atoms with E-state index in [9.17, 15) is 13.2 Å². The topological polar surface area (TPSA) is 103 Å². The van der Waals surface area contributed by atoms with Crippen molar-refractivity contribution in [3.05, 3.63) is 48.0 Å². The molecule has 10 heteroatoms. The van der Waals surface area contributed by atoms with Crippen molar-refractivity contribution in [2.45, 2.75) is 17.5 Å². The standard InChI is InChI=1S/C21H24N2O7S/c1-27-17-5-3-2-4-15(17)13-22-31(25,26)16-6-7-18-19(12-16)29-14-20(30-18)21(24)23-8-10-28-11-9-23/h2-7,12,20,22H,8-11,13-14H2,1H3. The predicted octanol–water partition coefficient (Wildman–Crippen LogP) is 1.17. The number of carbonyl (C=O) groups excluding carboxylic acids is 1. The van der Waals surface area contributed by atoms with Crippen LogP contribution >= 0.6 is 0 Å². The molecule has 0 aliphatic carbocycles. The minimum absolute atomic E-state index is 0.0152. The minimum Gasteiger partial charge on any atom is -0.496 e. The summed E-state index contributed by atoms with van der Waals surface area (Å²) < 4.78 is 50.0. The highest BCUT2D eigenvalue weighted by Crippen LogP contribution is 2.34. The molecular formula is C21H24N2O7S. The van der Waals surface area contributed by atoms with Crippen molar-refractivity contribution in [3.8, 4) is 17.2 Å². The zero-order chi connectivity index (χ0) is 21.8. The number of fused-ring (bicyclic) bond motifs is 1. The fourth-order valence-electron chi connectivity index (χ4n) is 3.43. The maximum absolute atomic E-state index is 12.7. The average Bonchev–Trinajstić information content (AvgIpc) is 2.82. The number of hydrogen-bond acceptors (Lipinski definition) is 7. The van der Waals surface area contributed by atoms with E-state index in [0.717, 1.165) is 5.56 Å². The summed E-state index contributed by atoms with van der Waals surface area (Å²) in [6.45, 7) is 2.12. The van der Waals surface area contributed by atoms with Crippen LogP contribution in [0.1, 0.15) is 5.56 Å². The van der Waals surface area contributed by atoms with Crippen LogP contribution in [0.4, 0.5) is 0 Å². The molecule has 1 saturated heterocycles. The van der Waals surface area contributed by atoms with E-state index in [-0.39, 0.29) is 29.7 Å². The Hall–Kier alpha value is -2.82. The van der Waals surface area contributed by atoms with E-state index in [4.69, 9.17) is 18.9 Å². The number of methoxy groups -OCH3 is 1. The van der Waals surface area contributed by atoms with Gasteiger partial charge < -0.3 is 23.8 Å². The minimum atomic E-state index is -3.79. The number of sulfonamides is 1. The first-order valence-corrected chi connectivity index (χ1v) is 11.4. The second-order valence-corrected chi connectivity index (χ2v) is 8.87. The van der Waals surface area contributed by atoms with Crippen LogP contribution in [0, 0.1) is 0 Å². The van der Waals surface area contributed by atoms with Crippen LogP contribution in [-0.2, 0) is 26.1 Å². The number of nitrogens with one attached hydrogen (secondary N) is 1. The summed E-state index contributed by atoms with van der Waals surface area (Å²) >= 11 is 0. The van der Waals surface area contributed by atoms with Crippen molar-refractivity contribution >= 4 is 15.9 Å². The summed E-state index contributed by atoms with van der Waals surface area (Å²) in [6.07, 6.45) is -0.767. The molecule has 0 spiro atoms. The first kappa shape index (κ1) is 21.4. The fourth-order valence-corrected chi connectivity index (χ4v) is 4.45. The number of morpholine rings is 1. The van der Waals surface area contributed by atoms with Crippen molar-refractivity contribution in [1.82, 2.24) is 9.62 Å². The van der Waals surface area contributed by atoms with Gasteiger partial charge in [-0.1, -0.05) is 18.2 Å². The zero-order valence-corrected chi connectivity index (χ0v) is 17.9. The molecule has 9 nitrogen and oxygen atoms in total. The molecule has 0 radical (unpaired) electrons. The smallest absolute Gasteiger partial charge is 0.267 e. The monoisotopic (exact) mass is 448 g/mol. The summed E-state index contributed by atoms with van der Waals surface area (Å²) in [5.41, 5.74) is 0.718. The molecule has 2 aromatic carbocycles. The highest BCUT2D eigenvalue weighted by molar-refractivity contribution is 7.89. The van der Waals surface area contributed by atoms with Crippen molar-refractivity contribution in [1.29, 1.82) is 0 Å². The van der Waals surface area contributed by atoms with E-state index in [0.29, 0.717) is 37.8 Å². The van der Waals surface area contributed by atoms with Gasteiger partial charge in [0, 0.05) is 31.3 Å². The van der Waals surface area contributed by atoms with Gasteiger partial charge >= 0.3 is 0 Å². The van der Waals surface area contributed by atoms with Crippen LogP contribution in [0.15, 0.2) is 47.4 Å². The number of para-hydroxylation sites is 1. The highest BCUT2D eigenvalue weighted by atomic mass is 32.2. The van der Waals surface area contributed by atoms with Gasteiger partial charge in [0.05, 0.1) is 25.2 Å². The van der Waals surface area contributed by atoms with E-state index in [1.165, 1.54) is 25.3 Å². The van der Waals surface area contributed by atoms with Crippen molar-refractivity contribution in [2.75, 3.05) is 40.0 Å². The maximum atomic E-state index is 12.7. The predicted molar refractivity (Wildman–Crippen MR) is 111 cm³/mol. The van der Waals surface area contributed by atoms with Crippen molar-refractivity contribution in [3.63, 3.8) is 0 Å². The molecule has 1 amide bonds. The van der Waals surface area contributed by atoms with Gasteiger partial charge in [0.25, 0.3) is 5.91 Å². The van der Waals surface area contributed by atoms with E-state index < -0.39 is 16.1 Å². The highest BCUT2D eigenvalue weighted by Gasteiger charge is 2.32. The molecule has 1 atom stereocenters. The molecule has 1 N–H and O–H groups in total. The molecule has 0 aromatic heterocycles. The largest absolute Gasteiger partial charge is 0.496 e. The van der Waals surface area contributed by atoms with Crippen LogP contribution in [0.25, 0.3) is 0 Å². The van der Waals surface area contributed by atoms with Crippen LogP contribution in [-0.4, -0.2) is 65.3 Å². The van der Waals surface area contributed by atoms with Gasteiger partial charge in [-0.25, -0.2) is 13.1 Å². The Kier molecular flexibility index (Phi) is 6.30. The quantitative estimate of drug-likeness (QED) is 0.708. The average molecular weight is 448 g/mol. The molecule has 4 rings (SSSR count). The van der Waals surface area contributed by atoms with Crippen LogP contribution in [0.5, 0.6) is 17.2 Å². The maximum Gasteiger partial charge on any atom is 0.267 e. The Morgan fingerprint density at radius 3 is 2.71 bits per heavy atom. The van der Waals surface area contributed by atoms with Gasteiger partial charge in [-0.05, 0) is 18.2 Å². The third-order valence-corrected chi connectivity index (χ3v) is 6.53. The molecule has 2 aliphatic heterocycles. The molecule has 31 heavy (non-hydrogen) atoms. The summed E-state index contributed by atoms with van der Waals surface area (Å²) in [6, 6.07) is 11.5. The third kappa shape index (κ3) is 4.76. The molecule has 2 aliphatic rings. The van der Waals surface area contributed by atoms with Crippen molar-refractivity contribution < 1.29 is 32.2 Å². The van der Waals surface area contributed by atoms with Crippen LogP contribution in [0.2, 0.25) is 0 Å². The lowest BCUT2D eigenvalue weighted by atomic mass is 10.2. The lowest BCUT2D eigenvalue weighted by Crippen LogP contribution is -2.50. The van der Waals surface area contributed by atoms with Crippen LogP contribution in [0.3, 0.4) is 0 Å². The first-order chi connectivity index (χ1) is 15.0. The molecule has 1 unspecified atom stereocenters. The number of carbonyl (C=O) groups is 1. The normalized spacial score (nSPS) is 18.5. The molecule has 166 valence electrons. The second kappa shape index (κ2) is 9.13. The molecule has 0 saturated carbocycles. The summed E-state index contributed by atoms with van der Waals surface area (Å²) in [4.78, 5) is 14.3. The number of nitrogens with zero attached hydrogens (tertiary/aromatic N) is 1. The Morgan fingerprint density at radius 1 is 1.16 bits per heavy atom. The SMILES string of the molecule is COc1ccccc1CNS(=O)(=O)c1ccc2c(c1)OCC(C(=O)N1CCOCC1)O2. The Balaban J connectivity index is 1.44. The van der Waals surface area contributed by atoms with Gasteiger partial charge in [0.15, 0.2) is 11.5 Å². The van der Waals surface area contributed by atoms with Gasteiger partial charge in [-0.3, -0.25) is 4.79 Å². The summed E-state index contributed by atoms with van der Waals surface area (Å²) in [5, 5.41) is 0. The Labute approximate surface area is 180 Å². The van der Waals surface area contributed by atoms with Gasteiger partial charge in [-0.2, -0.15) is 0 Å². The van der Waals surface area contributed by atoms with E-state index in [2.05, 4.69) is 4.72 Å². The number of amides is 1. The number of hydrogen-bond donors (Lipinski definition) is 1. The second-order valence-electron chi connectivity index (χ2n) is 7.10. The Bertz CT molecular complexity index is 1050. The number of ether oxygens (including phenoxy) is 4. The first-order valence-electron chi connectivity index (χ1n) is 9.89. The molecule has 1 fully saturated rings. The molecule has 0 bridgehead atoms. The summed E-state index contributed by atoms with van der Waals surface area (Å²) in [5.74, 6) is 1.06. The van der Waals surface area contributed by atoms with Crippen molar-refractivity contribution in [2.24, 2.45) is 0 Å². The zero-order valence-electron chi connectivity index (χ0n) is 17.1. The fraction of sp³-hybridized carbons (Fsp3) is 0.381. The molecular weight excluding hydrogens is 424 g/mol. The number of benzene rings is 2. The summed E-state index contributed by atoms with van der Waals surface area (Å²) in [7, 11) is -2.26. The Morgan fingerprint density at radius 2 is 1.94 bits per heavy atom. The van der Waals surface area contributed by atoms with Gasteiger partial charge in [-0.15, -0.1) is 0 Å². The van der Waals surface area contributed by atoms with E-state index >= 15 is 0 Å².